The second-order valence-corrected chi connectivity index (χ2v) is 5.09. The van der Waals surface area contributed by atoms with Crippen molar-refractivity contribution in [3.8, 4) is 0 Å². The Bertz CT molecular complexity index is 375. The molecule has 0 spiro atoms. The van der Waals surface area contributed by atoms with Gasteiger partial charge in [-0.3, -0.25) is 0 Å². The molecule has 0 aromatic heterocycles. The van der Waals surface area contributed by atoms with Crippen molar-refractivity contribution in [2.45, 2.75) is 39.4 Å². The Kier molecular flexibility index (Phi) is 10.0. The summed E-state index contributed by atoms with van der Waals surface area (Å²) in [6.45, 7) is 7.77. The average molecular weight is 315 g/mol. The van der Waals surface area contributed by atoms with Crippen LogP contribution in [0.25, 0.3) is 0 Å². The standard InChI is InChI=1S/C12H22NO3.BF4/c1-7-15-10(8-9-13(5)6)11(14)16-12(2,3)4;2-1(3,4)5/h8,10H,7H2,1-6H3;/q+1;-1. The first-order valence-corrected chi connectivity index (χ1v) is 6.25. The molecule has 9 heteroatoms. The van der Waals surface area contributed by atoms with Crippen molar-refractivity contribution < 1.29 is 36.1 Å². The summed E-state index contributed by atoms with van der Waals surface area (Å²) in [5.74, 6) is 2.49. The molecule has 0 saturated carbocycles. The smallest absolute Gasteiger partial charge is 0.458 e. The van der Waals surface area contributed by atoms with E-state index in [1.165, 1.54) is 0 Å². The summed E-state index contributed by atoms with van der Waals surface area (Å²) in [6, 6.07) is 0. The van der Waals surface area contributed by atoms with Gasteiger partial charge in [0.15, 0.2) is 12.0 Å². The van der Waals surface area contributed by atoms with Crippen LogP contribution in [0.2, 0.25) is 0 Å². The van der Waals surface area contributed by atoms with E-state index in [0.29, 0.717) is 6.61 Å². The zero-order valence-corrected chi connectivity index (χ0v) is 13.1. The second-order valence-electron chi connectivity index (χ2n) is 5.09. The number of esters is 1. The van der Waals surface area contributed by atoms with E-state index in [9.17, 15) is 22.1 Å². The van der Waals surface area contributed by atoms with Crippen molar-refractivity contribution >= 4 is 19.1 Å². The summed E-state index contributed by atoms with van der Waals surface area (Å²) < 4.78 is 51.2. The molecule has 0 aromatic rings. The minimum atomic E-state index is -6.00. The van der Waals surface area contributed by atoms with Crippen molar-refractivity contribution in [2.24, 2.45) is 0 Å². The Morgan fingerprint density at radius 1 is 1.29 bits per heavy atom. The fourth-order valence-corrected chi connectivity index (χ4v) is 0.940. The minimum Gasteiger partial charge on any atom is -0.458 e. The van der Waals surface area contributed by atoms with E-state index in [1.807, 2.05) is 41.8 Å². The Labute approximate surface area is 122 Å². The van der Waals surface area contributed by atoms with Gasteiger partial charge in [-0.15, -0.1) is 0 Å². The van der Waals surface area contributed by atoms with Crippen molar-refractivity contribution in [1.82, 2.24) is 0 Å². The molecule has 1 unspecified atom stereocenters. The molecule has 0 N–H and O–H groups in total. The molecular formula is C12H22BF4NO3. The van der Waals surface area contributed by atoms with Crippen LogP contribution in [0.5, 0.6) is 0 Å². The number of carbonyl (C=O) groups excluding carboxylic acids is 1. The Morgan fingerprint density at radius 3 is 2.00 bits per heavy atom. The topological polar surface area (TPSA) is 38.5 Å². The molecule has 0 fully saturated rings. The highest BCUT2D eigenvalue weighted by atomic mass is 19.5. The SMILES string of the molecule is CCOC(C=C=[N+](C)C)C(=O)OC(C)(C)C.F[B-](F)(F)F. The average Bonchev–Trinajstić information content (AvgIpc) is 2.18. The number of nitrogens with zero attached hydrogens (tertiary/aromatic N) is 1. The van der Waals surface area contributed by atoms with Gasteiger partial charge in [-0.1, -0.05) is 0 Å². The first kappa shape index (κ1) is 22.0. The lowest BCUT2D eigenvalue weighted by molar-refractivity contribution is -0.456. The van der Waals surface area contributed by atoms with Gasteiger partial charge in [-0.05, 0) is 27.7 Å². The van der Waals surface area contributed by atoms with E-state index < -0.39 is 19.0 Å². The van der Waals surface area contributed by atoms with Crippen molar-refractivity contribution in [2.75, 3.05) is 20.7 Å². The summed E-state index contributed by atoms with van der Waals surface area (Å²) in [4.78, 5) is 11.7. The van der Waals surface area contributed by atoms with Crippen LogP contribution in [0.4, 0.5) is 17.3 Å². The van der Waals surface area contributed by atoms with Gasteiger partial charge < -0.3 is 26.7 Å². The fraction of sp³-hybridized carbons (Fsp3) is 0.750. The summed E-state index contributed by atoms with van der Waals surface area (Å²) in [7, 11) is -2.34. The highest BCUT2D eigenvalue weighted by Crippen LogP contribution is 2.10. The fourth-order valence-electron chi connectivity index (χ4n) is 0.940. The lowest BCUT2D eigenvalue weighted by atomic mass is 10.2. The molecule has 21 heavy (non-hydrogen) atoms. The van der Waals surface area contributed by atoms with Crippen LogP contribution < -0.4 is 0 Å². The molecule has 124 valence electrons. The highest BCUT2D eigenvalue weighted by Gasteiger charge is 2.24. The van der Waals surface area contributed by atoms with E-state index in [-0.39, 0.29) is 5.97 Å². The van der Waals surface area contributed by atoms with Crippen LogP contribution in [-0.2, 0) is 14.3 Å². The molecule has 0 aliphatic carbocycles. The molecule has 0 aliphatic rings. The van der Waals surface area contributed by atoms with Crippen LogP contribution in [0, 0.1) is 0 Å². The summed E-state index contributed by atoms with van der Waals surface area (Å²) in [6.07, 6.45) is 0.879. The van der Waals surface area contributed by atoms with Crippen molar-refractivity contribution in [3.63, 3.8) is 0 Å². The Hall–Kier alpha value is -1.34. The molecule has 0 heterocycles. The summed E-state index contributed by atoms with van der Waals surface area (Å²) in [5, 5.41) is 0. The van der Waals surface area contributed by atoms with Crippen LogP contribution in [0.15, 0.2) is 6.08 Å². The van der Waals surface area contributed by atoms with Gasteiger partial charge in [0.05, 0.1) is 6.08 Å². The van der Waals surface area contributed by atoms with Gasteiger partial charge in [0, 0.05) is 6.61 Å². The van der Waals surface area contributed by atoms with Gasteiger partial charge >= 0.3 is 13.2 Å². The van der Waals surface area contributed by atoms with Crippen LogP contribution in [-0.4, -0.2) is 56.1 Å². The molecular weight excluding hydrogens is 293 g/mol. The monoisotopic (exact) mass is 315 g/mol. The number of hydrogen-bond acceptors (Lipinski definition) is 3. The second kappa shape index (κ2) is 9.57. The third-order valence-electron chi connectivity index (χ3n) is 1.47. The quantitative estimate of drug-likeness (QED) is 0.263. The Balaban J connectivity index is 0. The molecule has 0 amide bonds. The van der Waals surface area contributed by atoms with Gasteiger partial charge in [-0.25, -0.2) is 4.79 Å². The molecule has 0 saturated heterocycles. The number of rotatable bonds is 4. The third kappa shape index (κ3) is 21.1. The maximum absolute atomic E-state index is 11.7. The molecule has 1 atom stereocenters. The minimum absolute atomic E-state index is 0.385. The summed E-state index contributed by atoms with van der Waals surface area (Å²) >= 11 is 0. The first-order valence-electron chi connectivity index (χ1n) is 6.25. The maximum atomic E-state index is 11.7. The number of hydrogen-bond donors (Lipinski definition) is 0. The van der Waals surface area contributed by atoms with E-state index in [0.717, 1.165) is 0 Å². The van der Waals surface area contributed by atoms with Crippen LogP contribution in [0.3, 0.4) is 0 Å². The zero-order chi connectivity index (χ0) is 17.3. The van der Waals surface area contributed by atoms with Crippen molar-refractivity contribution in [3.05, 3.63) is 6.08 Å². The van der Waals surface area contributed by atoms with Gasteiger partial charge in [0.1, 0.15) is 19.7 Å². The molecule has 4 nitrogen and oxygen atoms in total. The zero-order valence-electron chi connectivity index (χ0n) is 13.1. The number of halogens is 4. The predicted octanol–water partition coefficient (Wildman–Crippen LogP) is 2.53. The molecule has 0 rings (SSSR count). The normalized spacial score (nSPS) is 12.5. The van der Waals surface area contributed by atoms with E-state index in [4.69, 9.17) is 9.47 Å². The number of ether oxygens (including phenoxy) is 2. The number of carbonyl (C=O) groups is 1. The molecule has 0 radical (unpaired) electrons. The lowest BCUT2D eigenvalue weighted by Gasteiger charge is -2.21. The van der Waals surface area contributed by atoms with E-state index in [2.05, 4.69) is 5.87 Å². The van der Waals surface area contributed by atoms with E-state index in [1.54, 1.807) is 10.7 Å². The maximum Gasteiger partial charge on any atom is 0.673 e. The van der Waals surface area contributed by atoms with Crippen LogP contribution >= 0.6 is 0 Å². The molecule has 0 aromatic carbocycles. The Morgan fingerprint density at radius 2 is 1.71 bits per heavy atom. The lowest BCUT2D eigenvalue weighted by Crippen LogP contribution is -2.32. The third-order valence-corrected chi connectivity index (χ3v) is 1.47. The van der Waals surface area contributed by atoms with Gasteiger partial charge in [0.2, 0.25) is 0 Å². The molecule has 0 aliphatic heterocycles. The highest BCUT2D eigenvalue weighted by molar-refractivity contribution is 6.50. The molecule has 0 bridgehead atoms. The summed E-state index contributed by atoms with van der Waals surface area (Å²) in [5.41, 5.74) is -0.502. The largest absolute Gasteiger partial charge is 0.673 e. The van der Waals surface area contributed by atoms with Gasteiger partial charge in [-0.2, -0.15) is 4.58 Å². The predicted molar refractivity (Wildman–Crippen MR) is 73.1 cm³/mol. The van der Waals surface area contributed by atoms with Crippen molar-refractivity contribution in [1.29, 1.82) is 0 Å². The van der Waals surface area contributed by atoms with E-state index >= 15 is 0 Å². The van der Waals surface area contributed by atoms with Crippen LogP contribution in [0.1, 0.15) is 27.7 Å². The first-order chi connectivity index (χ1) is 9.26. The van der Waals surface area contributed by atoms with Gasteiger partial charge in [0.25, 0.3) is 0 Å².